The maximum Gasteiger partial charge on any atom is 0.124 e. The number of aromatic hydroxyl groups is 1. The first-order chi connectivity index (χ1) is 12.7. The first-order valence-electron chi connectivity index (χ1n) is 9.48. The first-order valence-corrected chi connectivity index (χ1v) is 9.48. The molecule has 0 bridgehead atoms. The van der Waals surface area contributed by atoms with Crippen molar-refractivity contribution in [1.29, 1.82) is 0 Å². The molecule has 4 heteroatoms. The van der Waals surface area contributed by atoms with Gasteiger partial charge < -0.3 is 14.9 Å². The number of methoxy groups -OCH3 is 1. The van der Waals surface area contributed by atoms with E-state index in [1.165, 1.54) is 30.4 Å². The Hall–Kier alpha value is -2.04. The van der Waals surface area contributed by atoms with Crippen LogP contribution in [-0.2, 0) is 19.6 Å². The minimum Gasteiger partial charge on any atom is -0.508 e. The molecule has 2 aromatic carbocycles. The molecule has 1 heterocycles. The molecule has 2 N–H and O–H groups in total. The Kier molecular flexibility index (Phi) is 6.53. The summed E-state index contributed by atoms with van der Waals surface area (Å²) in [6.07, 6.45) is 5.95. The number of aliphatic hydroxyl groups excluding tert-OH is 1. The average Bonchev–Trinajstić information content (AvgIpc) is 2.68. The number of rotatable bonds is 7. The second-order valence-electron chi connectivity index (χ2n) is 7.13. The topological polar surface area (TPSA) is 52.9 Å². The monoisotopic (exact) mass is 355 g/mol. The van der Waals surface area contributed by atoms with Gasteiger partial charge in [-0.3, -0.25) is 4.90 Å². The highest BCUT2D eigenvalue weighted by atomic mass is 16.5. The van der Waals surface area contributed by atoms with Gasteiger partial charge in [-0.15, -0.1) is 0 Å². The van der Waals surface area contributed by atoms with E-state index in [4.69, 9.17) is 4.74 Å². The van der Waals surface area contributed by atoms with Gasteiger partial charge in [-0.2, -0.15) is 0 Å². The van der Waals surface area contributed by atoms with Crippen LogP contribution in [-0.4, -0.2) is 34.8 Å². The van der Waals surface area contributed by atoms with E-state index in [1.54, 1.807) is 19.2 Å². The summed E-state index contributed by atoms with van der Waals surface area (Å²) in [4.78, 5) is 2.58. The van der Waals surface area contributed by atoms with Gasteiger partial charge in [0, 0.05) is 18.2 Å². The summed E-state index contributed by atoms with van der Waals surface area (Å²) in [5.41, 5.74) is 3.36. The predicted molar refractivity (Wildman–Crippen MR) is 103 cm³/mol. The van der Waals surface area contributed by atoms with Gasteiger partial charge in [-0.25, -0.2) is 0 Å². The van der Waals surface area contributed by atoms with Crippen LogP contribution in [0.2, 0.25) is 0 Å². The third-order valence-corrected chi connectivity index (χ3v) is 5.35. The molecule has 0 spiro atoms. The average molecular weight is 355 g/mol. The number of phenolic OH excluding ortho intramolecular Hbond substituents is 1. The number of benzene rings is 2. The molecule has 0 aromatic heterocycles. The van der Waals surface area contributed by atoms with Gasteiger partial charge in [-0.1, -0.05) is 24.6 Å². The lowest BCUT2D eigenvalue weighted by Gasteiger charge is -2.36. The van der Waals surface area contributed by atoms with E-state index < -0.39 is 0 Å². The van der Waals surface area contributed by atoms with Crippen molar-refractivity contribution in [3.63, 3.8) is 0 Å². The molecule has 140 valence electrons. The van der Waals surface area contributed by atoms with Crippen molar-refractivity contribution in [2.24, 2.45) is 0 Å². The van der Waals surface area contributed by atoms with Crippen LogP contribution in [0.4, 0.5) is 0 Å². The SMILES string of the molecule is COc1ccc(CN2CCCC[C@@H]2CCc2ccc(O)cc2)cc1CO. The Labute approximate surface area is 156 Å². The van der Waals surface area contributed by atoms with Gasteiger partial charge in [-0.05, 0) is 67.6 Å². The van der Waals surface area contributed by atoms with Crippen LogP contribution < -0.4 is 4.74 Å². The lowest BCUT2D eigenvalue weighted by molar-refractivity contribution is 0.132. The van der Waals surface area contributed by atoms with E-state index in [0.29, 0.717) is 11.8 Å². The van der Waals surface area contributed by atoms with Crippen LogP contribution in [0.15, 0.2) is 42.5 Å². The van der Waals surface area contributed by atoms with Gasteiger partial charge in [0.15, 0.2) is 0 Å². The minimum atomic E-state index is 0.00128. The molecule has 4 nitrogen and oxygen atoms in total. The highest BCUT2D eigenvalue weighted by Crippen LogP contribution is 2.26. The molecule has 1 fully saturated rings. The van der Waals surface area contributed by atoms with Crippen molar-refractivity contribution in [3.05, 3.63) is 59.2 Å². The van der Waals surface area contributed by atoms with Crippen LogP contribution in [0.5, 0.6) is 11.5 Å². The zero-order valence-corrected chi connectivity index (χ0v) is 15.5. The molecule has 0 unspecified atom stereocenters. The van der Waals surface area contributed by atoms with Crippen LogP contribution in [0.25, 0.3) is 0 Å². The minimum absolute atomic E-state index is 0.00128. The smallest absolute Gasteiger partial charge is 0.124 e. The highest BCUT2D eigenvalue weighted by Gasteiger charge is 2.22. The predicted octanol–water partition coefficient (Wildman–Crippen LogP) is 3.88. The molecule has 1 aliphatic rings. The number of hydrogen-bond acceptors (Lipinski definition) is 4. The van der Waals surface area contributed by atoms with Gasteiger partial charge >= 0.3 is 0 Å². The summed E-state index contributed by atoms with van der Waals surface area (Å²) in [5, 5.41) is 19.0. The van der Waals surface area contributed by atoms with Crippen LogP contribution in [0, 0.1) is 0 Å². The number of ether oxygens (including phenoxy) is 1. The van der Waals surface area contributed by atoms with E-state index in [9.17, 15) is 10.2 Å². The summed E-state index contributed by atoms with van der Waals surface area (Å²) < 4.78 is 5.31. The third kappa shape index (κ3) is 4.77. The molecular weight excluding hydrogens is 326 g/mol. The Morgan fingerprint density at radius 1 is 1.08 bits per heavy atom. The zero-order chi connectivity index (χ0) is 18.4. The fraction of sp³-hybridized carbons (Fsp3) is 0.455. The van der Waals surface area contributed by atoms with E-state index in [1.807, 2.05) is 18.2 Å². The molecule has 2 aromatic rings. The number of aryl methyl sites for hydroxylation is 1. The Bertz CT molecular complexity index is 699. The van der Waals surface area contributed by atoms with Gasteiger partial charge in [0.2, 0.25) is 0 Å². The van der Waals surface area contributed by atoms with Crippen molar-refractivity contribution >= 4 is 0 Å². The molecular formula is C22H29NO3. The number of phenols is 1. The molecule has 0 amide bonds. The number of piperidine rings is 1. The lowest BCUT2D eigenvalue weighted by Crippen LogP contribution is -2.39. The van der Waals surface area contributed by atoms with Gasteiger partial charge in [0.05, 0.1) is 13.7 Å². The fourth-order valence-electron chi connectivity index (χ4n) is 3.88. The summed E-state index contributed by atoms with van der Waals surface area (Å²) in [7, 11) is 1.64. The quantitative estimate of drug-likeness (QED) is 0.791. The van der Waals surface area contributed by atoms with Crippen molar-refractivity contribution < 1.29 is 14.9 Å². The lowest BCUT2D eigenvalue weighted by atomic mass is 9.95. The first kappa shape index (κ1) is 18.7. The van der Waals surface area contributed by atoms with Gasteiger partial charge in [0.1, 0.15) is 11.5 Å². The number of nitrogens with zero attached hydrogens (tertiary/aromatic N) is 1. The van der Waals surface area contributed by atoms with Crippen molar-refractivity contribution in [2.75, 3.05) is 13.7 Å². The second-order valence-corrected chi connectivity index (χ2v) is 7.13. The second kappa shape index (κ2) is 9.06. The standard InChI is InChI=1S/C22H29NO3/c1-26-22-12-8-18(14-19(22)16-24)15-23-13-3-2-4-20(23)9-5-17-6-10-21(25)11-7-17/h6-8,10-12,14,20,24-25H,2-5,9,13,15-16H2,1H3/t20-/m1/s1. The third-order valence-electron chi connectivity index (χ3n) is 5.35. The van der Waals surface area contributed by atoms with E-state index >= 15 is 0 Å². The van der Waals surface area contributed by atoms with Crippen molar-refractivity contribution in [3.8, 4) is 11.5 Å². The Balaban J connectivity index is 1.64. The van der Waals surface area contributed by atoms with Crippen LogP contribution in [0.1, 0.15) is 42.4 Å². The van der Waals surface area contributed by atoms with Crippen molar-refractivity contribution in [1.82, 2.24) is 4.90 Å². The van der Waals surface area contributed by atoms with Crippen LogP contribution in [0.3, 0.4) is 0 Å². The summed E-state index contributed by atoms with van der Waals surface area (Å²) in [5.74, 6) is 1.08. The van der Waals surface area contributed by atoms with Crippen molar-refractivity contribution in [2.45, 2.75) is 51.3 Å². The summed E-state index contributed by atoms with van der Waals surface area (Å²) >= 11 is 0. The maximum absolute atomic E-state index is 9.55. The molecule has 0 saturated carbocycles. The fourth-order valence-corrected chi connectivity index (χ4v) is 3.88. The number of likely N-dealkylation sites (tertiary alicyclic amines) is 1. The van der Waals surface area contributed by atoms with Gasteiger partial charge in [0.25, 0.3) is 0 Å². The van der Waals surface area contributed by atoms with E-state index in [-0.39, 0.29) is 6.61 Å². The molecule has 3 rings (SSSR count). The Morgan fingerprint density at radius 2 is 1.85 bits per heavy atom. The zero-order valence-electron chi connectivity index (χ0n) is 15.5. The van der Waals surface area contributed by atoms with E-state index in [0.717, 1.165) is 37.2 Å². The molecule has 0 aliphatic carbocycles. The normalized spacial score (nSPS) is 18.0. The molecule has 1 saturated heterocycles. The molecule has 1 aliphatic heterocycles. The number of hydrogen-bond donors (Lipinski definition) is 2. The van der Waals surface area contributed by atoms with Crippen LogP contribution >= 0.6 is 0 Å². The molecule has 26 heavy (non-hydrogen) atoms. The largest absolute Gasteiger partial charge is 0.508 e. The van der Waals surface area contributed by atoms with E-state index in [2.05, 4.69) is 17.0 Å². The Morgan fingerprint density at radius 3 is 2.58 bits per heavy atom. The summed E-state index contributed by atoms with van der Waals surface area (Å²) in [6.45, 7) is 2.04. The number of aliphatic hydroxyl groups is 1. The molecule has 1 atom stereocenters. The maximum atomic E-state index is 9.55. The highest BCUT2D eigenvalue weighted by molar-refractivity contribution is 5.36. The molecule has 0 radical (unpaired) electrons. The summed E-state index contributed by atoms with van der Waals surface area (Å²) in [6, 6.07) is 14.3.